The molecule has 1 saturated heterocycles. The number of para-hydroxylation sites is 1. The molecule has 0 radical (unpaired) electrons. The van der Waals surface area contributed by atoms with Crippen molar-refractivity contribution in [2.24, 2.45) is 5.92 Å². The summed E-state index contributed by atoms with van der Waals surface area (Å²) in [6.07, 6.45) is 8.51. The van der Waals surface area contributed by atoms with Crippen molar-refractivity contribution in [3.63, 3.8) is 0 Å². The zero-order valence-corrected chi connectivity index (χ0v) is 17.4. The number of anilines is 1. The molecule has 2 fully saturated rings. The first kappa shape index (κ1) is 20.0. The van der Waals surface area contributed by atoms with Crippen molar-refractivity contribution >= 4 is 23.2 Å². The highest BCUT2D eigenvalue weighted by Crippen LogP contribution is 2.28. The number of rotatable bonds is 4. The number of nitrogens with zero attached hydrogens (tertiary/aromatic N) is 4. The molecule has 154 valence electrons. The molecule has 1 aliphatic carbocycles. The number of amides is 1. The molecular weight excluding hydrogens is 388 g/mol. The molecular formula is C22H27ClN4O2. The smallest absolute Gasteiger partial charge is 0.292 e. The van der Waals surface area contributed by atoms with E-state index in [1.165, 1.54) is 36.8 Å². The fourth-order valence-electron chi connectivity index (χ4n) is 4.36. The molecule has 0 bridgehead atoms. The van der Waals surface area contributed by atoms with E-state index in [4.69, 9.17) is 11.6 Å². The van der Waals surface area contributed by atoms with Gasteiger partial charge in [-0.25, -0.2) is 0 Å². The highest BCUT2D eigenvalue weighted by atomic mass is 35.5. The molecule has 1 aromatic heterocycles. The Bertz CT molecular complexity index is 901. The highest BCUT2D eigenvalue weighted by molar-refractivity contribution is 6.33. The molecule has 1 saturated carbocycles. The largest absolute Gasteiger partial charge is 0.365 e. The summed E-state index contributed by atoms with van der Waals surface area (Å²) in [6, 6.07) is 9.24. The van der Waals surface area contributed by atoms with Crippen LogP contribution in [-0.2, 0) is 4.79 Å². The number of piperazine rings is 1. The van der Waals surface area contributed by atoms with Gasteiger partial charge in [-0.2, -0.15) is 9.78 Å². The molecule has 2 heterocycles. The van der Waals surface area contributed by atoms with E-state index in [1.54, 1.807) is 6.20 Å². The maximum atomic E-state index is 12.7. The second-order valence-corrected chi connectivity index (χ2v) is 8.35. The van der Waals surface area contributed by atoms with Gasteiger partial charge >= 0.3 is 0 Å². The molecule has 4 rings (SSSR count). The molecule has 1 amide bonds. The molecule has 0 unspecified atom stereocenters. The lowest BCUT2D eigenvalue weighted by molar-refractivity contribution is -0.132. The Morgan fingerprint density at radius 1 is 1.03 bits per heavy atom. The van der Waals surface area contributed by atoms with Crippen molar-refractivity contribution in [2.45, 2.75) is 38.5 Å². The van der Waals surface area contributed by atoms with E-state index in [2.05, 4.69) is 10.00 Å². The van der Waals surface area contributed by atoms with E-state index in [-0.39, 0.29) is 16.5 Å². The number of carbonyl (C=O) groups is 1. The van der Waals surface area contributed by atoms with Crippen molar-refractivity contribution in [3.05, 3.63) is 51.9 Å². The summed E-state index contributed by atoms with van der Waals surface area (Å²) < 4.78 is 1.32. The topological polar surface area (TPSA) is 58.4 Å². The van der Waals surface area contributed by atoms with Crippen LogP contribution in [0.15, 0.2) is 41.3 Å². The number of hydrogen-bond donors (Lipinski definition) is 0. The third-order valence-corrected chi connectivity index (χ3v) is 6.42. The van der Waals surface area contributed by atoms with Crippen molar-refractivity contribution in [1.82, 2.24) is 14.7 Å². The second-order valence-electron chi connectivity index (χ2n) is 7.97. The van der Waals surface area contributed by atoms with Crippen LogP contribution < -0.4 is 10.5 Å². The van der Waals surface area contributed by atoms with Gasteiger partial charge in [0.15, 0.2) is 0 Å². The zero-order chi connectivity index (χ0) is 20.2. The Morgan fingerprint density at radius 3 is 2.41 bits per heavy atom. The van der Waals surface area contributed by atoms with E-state index in [9.17, 15) is 9.59 Å². The molecule has 1 aromatic carbocycles. The first-order chi connectivity index (χ1) is 14.1. The average molecular weight is 415 g/mol. The fourth-order valence-corrected chi connectivity index (χ4v) is 4.61. The monoisotopic (exact) mass is 414 g/mol. The lowest BCUT2D eigenvalue weighted by Gasteiger charge is -2.37. The van der Waals surface area contributed by atoms with E-state index in [0.29, 0.717) is 49.9 Å². The quantitative estimate of drug-likeness (QED) is 0.768. The number of hydrogen-bond acceptors (Lipinski definition) is 4. The third kappa shape index (κ3) is 4.47. The van der Waals surface area contributed by atoms with Crippen LogP contribution in [0.5, 0.6) is 0 Å². The maximum absolute atomic E-state index is 12.7. The van der Waals surface area contributed by atoms with Crippen LogP contribution in [0.25, 0.3) is 5.69 Å². The maximum Gasteiger partial charge on any atom is 0.292 e. The normalized spacial score (nSPS) is 18.1. The van der Waals surface area contributed by atoms with Crippen molar-refractivity contribution < 1.29 is 4.79 Å². The number of halogens is 1. The summed E-state index contributed by atoms with van der Waals surface area (Å²) >= 11 is 6.41. The SMILES string of the molecule is O=C(CC1CCCCC1)N1CCN(c2cnn(-c3ccccc3)c(=O)c2Cl)CC1. The first-order valence-electron chi connectivity index (χ1n) is 10.5. The fraction of sp³-hybridized carbons (Fsp3) is 0.500. The van der Waals surface area contributed by atoms with Crippen LogP contribution in [0.4, 0.5) is 5.69 Å². The molecule has 2 aromatic rings. The van der Waals surface area contributed by atoms with Crippen molar-refractivity contribution in [1.29, 1.82) is 0 Å². The predicted octanol–water partition coefficient (Wildman–Crippen LogP) is 3.50. The average Bonchev–Trinajstić information content (AvgIpc) is 2.77. The Kier molecular flexibility index (Phi) is 6.19. The van der Waals surface area contributed by atoms with Crippen LogP contribution in [0, 0.1) is 5.92 Å². The van der Waals surface area contributed by atoms with E-state index in [0.717, 1.165) is 0 Å². The van der Waals surface area contributed by atoms with E-state index < -0.39 is 0 Å². The molecule has 6 nitrogen and oxygen atoms in total. The standard InChI is InChI=1S/C22H27ClN4O2/c23-21-19(16-24-27(22(21)29)18-9-5-2-6-10-18)25-11-13-26(14-12-25)20(28)15-17-7-3-1-4-8-17/h2,5-6,9-10,16-17H,1,3-4,7-8,11-15H2. The molecule has 29 heavy (non-hydrogen) atoms. The third-order valence-electron chi connectivity index (χ3n) is 6.06. The summed E-state index contributed by atoms with van der Waals surface area (Å²) in [7, 11) is 0. The molecule has 2 aliphatic rings. The van der Waals surface area contributed by atoms with Gasteiger partial charge in [-0.3, -0.25) is 9.59 Å². The Morgan fingerprint density at radius 2 is 1.72 bits per heavy atom. The molecule has 0 atom stereocenters. The van der Waals surface area contributed by atoms with Gasteiger partial charge in [-0.15, -0.1) is 0 Å². The Hall–Kier alpha value is -2.34. The summed E-state index contributed by atoms with van der Waals surface area (Å²) in [5, 5.41) is 4.49. The summed E-state index contributed by atoms with van der Waals surface area (Å²) in [4.78, 5) is 29.4. The van der Waals surface area contributed by atoms with Crippen molar-refractivity contribution in [3.8, 4) is 5.69 Å². The van der Waals surface area contributed by atoms with E-state index in [1.807, 2.05) is 35.2 Å². The number of aromatic nitrogens is 2. The molecule has 0 N–H and O–H groups in total. The number of benzene rings is 1. The first-order valence-corrected chi connectivity index (χ1v) is 10.9. The minimum Gasteiger partial charge on any atom is -0.365 e. The van der Waals surface area contributed by atoms with Gasteiger partial charge in [-0.05, 0) is 30.9 Å². The van der Waals surface area contributed by atoms with Gasteiger partial charge in [0, 0.05) is 32.6 Å². The lowest BCUT2D eigenvalue weighted by Crippen LogP contribution is -2.49. The van der Waals surface area contributed by atoms with Gasteiger partial charge in [0.1, 0.15) is 5.02 Å². The van der Waals surface area contributed by atoms with Gasteiger partial charge in [0.25, 0.3) is 5.56 Å². The van der Waals surface area contributed by atoms with Crippen molar-refractivity contribution in [2.75, 3.05) is 31.1 Å². The van der Waals surface area contributed by atoms with Gasteiger partial charge in [0.2, 0.25) is 5.91 Å². The van der Waals surface area contributed by atoms with E-state index >= 15 is 0 Å². The second kappa shape index (κ2) is 8.99. The number of carbonyl (C=O) groups excluding carboxylic acids is 1. The van der Waals surface area contributed by atoms with Crippen LogP contribution in [-0.4, -0.2) is 46.8 Å². The Balaban J connectivity index is 1.40. The van der Waals surface area contributed by atoms with Crippen LogP contribution in [0.2, 0.25) is 5.02 Å². The summed E-state index contributed by atoms with van der Waals surface area (Å²) in [5.41, 5.74) is 0.999. The van der Waals surface area contributed by atoms with Crippen LogP contribution in [0.3, 0.4) is 0 Å². The van der Waals surface area contributed by atoms with Gasteiger partial charge in [-0.1, -0.05) is 49.1 Å². The van der Waals surface area contributed by atoms with Gasteiger partial charge < -0.3 is 9.80 Å². The van der Waals surface area contributed by atoms with Crippen LogP contribution >= 0.6 is 11.6 Å². The van der Waals surface area contributed by atoms with Crippen LogP contribution in [0.1, 0.15) is 38.5 Å². The minimum atomic E-state index is -0.328. The molecule has 7 heteroatoms. The zero-order valence-electron chi connectivity index (χ0n) is 16.6. The predicted molar refractivity (Wildman–Crippen MR) is 115 cm³/mol. The molecule has 0 spiro atoms. The minimum absolute atomic E-state index is 0.172. The lowest BCUT2D eigenvalue weighted by atomic mass is 9.86. The highest BCUT2D eigenvalue weighted by Gasteiger charge is 2.26. The van der Waals surface area contributed by atoms with Gasteiger partial charge in [0.05, 0.1) is 17.6 Å². The molecule has 1 aliphatic heterocycles. The summed E-state index contributed by atoms with van der Waals surface area (Å²) in [5.74, 6) is 0.818. The summed E-state index contributed by atoms with van der Waals surface area (Å²) in [6.45, 7) is 2.63. The Labute approximate surface area is 176 Å².